The summed E-state index contributed by atoms with van der Waals surface area (Å²) < 4.78 is 2.32. The predicted molar refractivity (Wildman–Crippen MR) is 101 cm³/mol. The Bertz CT molecular complexity index is 956. The molecule has 1 aliphatic carbocycles. The van der Waals surface area contributed by atoms with Crippen molar-refractivity contribution >= 4 is 16.9 Å². The number of aromatic amines is 1. The first-order chi connectivity index (χ1) is 13.3. The van der Waals surface area contributed by atoms with Crippen LogP contribution in [0.1, 0.15) is 54.2 Å². The highest BCUT2D eigenvalue weighted by Crippen LogP contribution is 2.31. The molecule has 140 valence electrons. The second-order valence-electron chi connectivity index (χ2n) is 7.85. The molecule has 7 nitrogen and oxygen atoms in total. The Hall–Kier alpha value is -2.70. The molecule has 0 radical (unpaired) electrons. The molecule has 1 atom stereocenters. The Morgan fingerprint density at radius 2 is 2.04 bits per heavy atom. The second kappa shape index (κ2) is 6.79. The van der Waals surface area contributed by atoms with Gasteiger partial charge in [0, 0.05) is 43.5 Å². The van der Waals surface area contributed by atoms with Gasteiger partial charge in [0.15, 0.2) is 0 Å². The monoisotopic (exact) mass is 364 g/mol. The molecule has 7 heteroatoms. The lowest BCUT2D eigenvalue weighted by Crippen LogP contribution is -2.40. The van der Waals surface area contributed by atoms with E-state index in [1.807, 2.05) is 29.3 Å². The molecule has 1 saturated carbocycles. The summed E-state index contributed by atoms with van der Waals surface area (Å²) in [7, 11) is 0. The van der Waals surface area contributed by atoms with E-state index in [2.05, 4.69) is 31.2 Å². The number of imidazole rings is 1. The first-order valence-corrected chi connectivity index (χ1v) is 9.89. The maximum absolute atomic E-state index is 13.0. The largest absolute Gasteiger partial charge is 0.338 e. The van der Waals surface area contributed by atoms with Crippen molar-refractivity contribution in [2.75, 3.05) is 13.1 Å². The van der Waals surface area contributed by atoms with Crippen LogP contribution in [0, 0.1) is 5.92 Å². The fourth-order valence-electron chi connectivity index (χ4n) is 4.32. The topological polar surface area (TPSA) is 79.7 Å². The minimum atomic E-state index is 0.0710. The average Bonchev–Trinajstić information content (AvgIpc) is 3.32. The number of likely N-dealkylation sites (tertiary alicyclic amines) is 1. The van der Waals surface area contributed by atoms with E-state index in [0.29, 0.717) is 11.5 Å². The summed E-state index contributed by atoms with van der Waals surface area (Å²) >= 11 is 0. The Morgan fingerprint density at radius 3 is 2.89 bits per heavy atom. The molecule has 1 amide bonds. The summed E-state index contributed by atoms with van der Waals surface area (Å²) in [6, 6.07) is 5.51. The van der Waals surface area contributed by atoms with Gasteiger partial charge < -0.3 is 9.47 Å². The number of rotatable bonds is 4. The summed E-state index contributed by atoms with van der Waals surface area (Å²) in [5.74, 6) is 2.33. The summed E-state index contributed by atoms with van der Waals surface area (Å²) in [6.07, 6.45) is 10.1. The summed E-state index contributed by atoms with van der Waals surface area (Å²) in [4.78, 5) is 19.7. The van der Waals surface area contributed by atoms with Crippen molar-refractivity contribution in [1.82, 2.24) is 29.9 Å². The van der Waals surface area contributed by atoms with E-state index in [-0.39, 0.29) is 5.91 Å². The maximum atomic E-state index is 13.0. The van der Waals surface area contributed by atoms with Gasteiger partial charge >= 0.3 is 0 Å². The van der Waals surface area contributed by atoms with Crippen molar-refractivity contribution < 1.29 is 4.79 Å². The lowest BCUT2D eigenvalue weighted by Gasteiger charge is -2.33. The molecule has 3 aromatic rings. The van der Waals surface area contributed by atoms with Gasteiger partial charge in [-0.25, -0.2) is 4.98 Å². The van der Waals surface area contributed by atoms with Crippen LogP contribution in [-0.2, 0) is 6.54 Å². The Morgan fingerprint density at radius 1 is 1.15 bits per heavy atom. The molecule has 0 bridgehead atoms. The first-order valence-electron chi connectivity index (χ1n) is 9.89. The molecule has 2 aromatic heterocycles. The fourth-order valence-corrected chi connectivity index (χ4v) is 4.32. The van der Waals surface area contributed by atoms with Crippen LogP contribution >= 0.6 is 0 Å². The molecule has 1 N–H and O–H groups in total. The number of benzene rings is 1. The van der Waals surface area contributed by atoms with Crippen LogP contribution in [0.25, 0.3) is 11.0 Å². The summed E-state index contributed by atoms with van der Waals surface area (Å²) in [5, 5.41) is 10.7. The Balaban J connectivity index is 1.33. The van der Waals surface area contributed by atoms with Crippen LogP contribution in [0.5, 0.6) is 0 Å². The fraction of sp³-hybridized carbons (Fsp3) is 0.500. The van der Waals surface area contributed by atoms with Crippen molar-refractivity contribution in [3.8, 4) is 0 Å². The van der Waals surface area contributed by atoms with Crippen molar-refractivity contribution in [1.29, 1.82) is 0 Å². The van der Waals surface area contributed by atoms with Crippen molar-refractivity contribution in [2.45, 2.75) is 44.6 Å². The van der Waals surface area contributed by atoms with Crippen LogP contribution in [0.4, 0.5) is 0 Å². The van der Waals surface area contributed by atoms with E-state index in [1.54, 1.807) is 0 Å². The number of amides is 1. The smallest absolute Gasteiger partial charge is 0.253 e. The third kappa shape index (κ3) is 3.11. The molecule has 1 saturated heterocycles. The van der Waals surface area contributed by atoms with Gasteiger partial charge in [-0.2, -0.15) is 15.4 Å². The van der Waals surface area contributed by atoms with E-state index in [1.165, 1.54) is 19.3 Å². The zero-order valence-electron chi connectivity index (χ0n) is 15.3. The summed E-state index contributed by atoms with van der Waals surface area (Å²) in [6.45, 7) is 2.61. The van der Waals surface area contributed by atoms with Crippen molar-refractivity contribution in [2.24, 2.45) is 5.92 Å². The van der Waals surface area contributed by atoms with Crippen LogP contribution in [-0.4, -0.2) is 48.9 Å². The van der Waals surface area contributed by atoms with E-state index >= 15 is 0 Å². The minimum absolute atomic E-state index is 0.0710. The zero-order valence-corrected chi connectivity index (χ0v) is 15.3. The summed E-state index contributed by atoms with van der Waals surface area (Å²) in [5.41, 5.74) is 2.18. The average molecular weight is 364 g/mol. The lowest BCUT2D eigenvalue weighted by atomic mass is 9.85. The van der Waals surface area contributed by atoms with Gasteiger partial charge in [0.25, 0.3) is 5.91 Å². The number of H-pyrrole nitrogens is 1. The number of aromatic nitrogens is 5. The molecular formula is C20H24N6O. The number of nitrogens with zero attached hydrogens (tertiary/aromatic N) is 5. The quantitative estimate of drug-likeness (QED) is 0.772. The van der Waals surface area contributed by atoms with Gasteiger partial charge in [-0.1, -0.05) is 6.42 Å². The number of carbonyl (C=O) groups excluding carboxylic acids is 1. The molecule has 0 spiro atoms. The zero-order chi connectivity index (χ0) is 18.2. The third-order valence-electron chi connectivity index (χ3n) is 6.06. The molecule has 1 aliphatic heterocycles. The molecule has 3 heterocycles. The first kappa shape index (κ1) is 16.5. The molecule has 27 heavy (non-hydrogen) atoms. The Labute approximate surface area is 157 Å². The highest BCUT2D eigenvalue weighted by molar-refractivity contribution is 5.97. The molecule has 0 unspecified atom stereocenters. The molecule has 2 aliphatic rings. The standard InChI is InChI=1S/C20H24N6O/c27-20(15-6-7-17-18(11-15)23-24-22-17)26-9-2-5-16(13-26)19-21-8-10-25(19)12-14-3-1-4-14/h6-8,10-11,14,16H,1-5,9,12-13H2,(H,22,23,24)/t16-/m0/s1. The molecular weight excluding hydrogens is 340 g/mol. The van der Waals surface area contributed by atoms with Crippen molar-refractivity contribution in [3.63, 3.8) is 0 Å². The third-order valence-corrected chi connectivity index (χ3v) is 6.06. The molecule has 1 aromatic carbocycles. The van der Waals surface area contributed by atoms with Gasteiger partial charge in [0.05, 0.1) is 0 Å². The normalized spacial score (nSPS) is 20.7. The van der Waals surface area contributed by atoms with Crippen LogP contribution in [0.2, 0.25) is 0 Å². The number of nitrogens with one attached hydrogen (secondary N) is 1. The molecule has 5 rings (SSSR count). The van der Waals surface area contributed by atoms with Crippen molar-refractivity contribution in [3.05, 3.63) is 42.0 Å². The predicted octanol–water partition coefficient (Wildman–Crippen LogP) is 2.97. The maximum Gasteiger partial charge on any atom is 0.253 e. The van der Waals surface area contributed by atoms with Crippen LogP contribution < -0.4 is 0 Å². The highest BCUT2D eigenvalue weighted by Gasteiger charge is 2.29. The van der Waals surface area contributed by atoms with Gasteiger partial charge in [-0.05, 0) is 49.8 Å². The van der Waals surface area contributed by atoms with Gasteiger partial charge in [-0.3, -0.25) is 4.79 Å². The minimum Gasteiger partial charge on any atom is -0.338 e. The van der Waals surface area contributed by atoms with E-state index < -0.39 is 0 Å². The second-order valence-corrected chi connectivity index (χ2v) is 7.85. The van der Waals surface area contributed by atoms with E-state index in [0.717, 1.165) is 55.3 Å². The van der Waals surface area contributed by atoms with Gasteiger partial charge in [0.2, 0.25) is 0 Å². The molecule has 2 fully saturated rings. The number of hydrogen-bond donors (Lipinski definition) is 1. The van der Waals surface area contributed by atoms with Crippen LogP contribution in [0.3, 0.4) is 0 Å². The number of piperidine rings is 1. The van der Waals surface area contributed by atoms with Gasteiger partial charge in [-0.15, -0.1) is 0 Å². The lowest BCUT2D eigenvalue weighted by molar-refractivity contribution is 0.0702. The van der Waals surface area contributed by atoms with Crippen LogP contribution in [0.15, 0.2) is 30.6 Å². The number of fused-ring (bicyclic) bond motifs is 1. The van der Waals surface area contributed by atoms with E-state index in [9.17, 15) is 4.79 Å². The highest BCUT2D eigenvalue weighted by atomic mass is 16.2. The van der Waals surface area contributed by atoms with Gasteiger partial charge in [0.1, 0.15) is 16.9 Å². The SMILES string of the molecule is O=C(c1ccc2n[nH]nc2c1)N1CCC[C@H](c2nccn2CC2CCC2)C1. The number of hydrogen-bond acceptors (Lipinski definition) is 4. The number of carbonyl (C=O) groups is 1. The van der Waals surface area contributed by atoms with E-state index in [4.69, 9.17) is 0 Å². The Kier molecular flexibility index (Phi) is 4.14.